The zero-order valence-electron chi connectivity index (χ0n) is 10.7. The summed E-state index contributed by atoms with van der Waals surface area (Å²) < 4.78 is 0. The van der Waals surface area contributed by atoms with Gasteiger partial charge in [0, 0.05) is 35.9 Å². The summed E-state index contributed by atoms with van der Waals surface area (Å²) in [6.45, 7) is 1.91. The number of pyridine rings is 1. The Kier molecular flexibility index (Phi) is 3.42. The highest BCUT2D eigenvalue weighted by Crippen LogP contribution is 2.17. The van der Waals surface area contributed by atoms with E-state index in [0.29, 0.717) is 0 Å². The summed E-state index contributed by atoms with van der Waals surface area (Å²) in [5.74, 6) is 0.00509. The van der Waals surface area contributed by atoms with Gasteiger partial charge in [-0.2, -0.15) is 0 Å². The number of rotatable bonds is 2. The van der Waals surface area contributed by atoms with Gasteiger partial charge in [0.25, 0.3) is 5.91 Å². The Hall–Kier alpha value is -1.94. The van der Waals surface area contributed by atoms with Crippen LogP contribution in [0, 0.1) is 0 Å². The van der Waals surface area contributed by atoms with E-state index in [9.17, 15) is 4.79 Å². The lowest BCUT2D eigenvalue weighted by atomic mass is 10.0. The minimum Gasteiger partial charge on any atom is -0.348 e. The van der Waals surface area contributed by atoms with E-state index in [1.165, 1.54) is 0 Å². The number of nitrogens with zero attached hydrogens (tertiary/aromatic N) is 1. The first-order valence-corrected chi connectivity index (χ1v) is 6.69. The predicted molar refractivity (Wildman–Crippen MR) is 75.1 cm³/mol. The van der Waals surface area contributed by atoms with Crippen molar-refractivity contribution in [3.8, 4) is 0 Å². The Morgan fingerprint density at radius 2 is 2.32 bits per heavy atom. The number of nitrogens with one attached hydrogen (secondary N) is 2. The Morgan fingerprint density at radius 1 is 1.37 bits per heavy atom. The van der Waals surface area contributed by atoms with Gasteiger partial charge >= 0.3 is 0 Å². The lowest BCUT2D eigenvalue weighted by molar-refractivity contribution is 0.0932. The summed E-state index contributed by atoms with van der Waals surface area (Å²) in [6.07, 6.45) is 5.67. The molecule has 2 N–H and O–H groups in total. The van der Waals surface area contributed by atoms with Crippen LogP contribution in [0.25, 0.3) is 10.8 Å². The van der Waals surface area contributed by atoms with Crippen molar-refractivity contribution < 1.29 is 4.79 Å². The maximum atomic E-state index is 12.4. The van der Waals surface area contributed by atoms with Crippen LogP contribution in [0.5, 0.6) is 0 Å². The van der Waals surface area contributed by atoms with Crippen molar-refractivity contribution >= 4 is 16.7 Å². The monoisotopic (exact) mass is 255 g/mol. The summed E-state index contributed by atoms with van der Waals surface area (Å²) in [6, 6.07) is 7.87. The van der Waals surface area contributed by atoms with Crippen molar-refractivity contribution in [2.45, 2.75) is 18.9 Å². The fourth-order valence-corrected chi connectivity index (χ4v) is 2.56. The maximum Gasteiger partial charge on any atom is 0.252 e. The van der Waals surface area contributed by atoms with Gasteiger partial charge in [-0.3, -0.25) is 9.78 Å². The number of hydrogen-bond donors (Lipinski definition) is 2. The molecule has 1 aromatic carbocycles. The van der Waals surface area contributed by atoms with E-state index in [-0.39, 0.29) is 11.9 Å². The van der Waals surface area contributed by atoms with Gasteiger partial charge in [-0.05, 0) is 36.9 Å². The van der Waals surface area contributed by atoms with E-state index in [0.717, 1.165) is 42.3 Å². The summed E-state index contributed by atoms with van der Waals surface area (Å²) in [5, 5.41) is 8.36. The van der Waals surface area contributed by atoms with Gasteiger partial charge in [-0.25, -0.2) is 0 Å². The fourth-order valence-electron chi connectivity index (χ4n) is 2.56. The van der Waals surface area contributed by atoms with Crippen molar-refractivity contribution in [3.05, 3.63) is 42.2 Å². The number of benzene rings is 1. The van der Waals surface area contributed by atoms with Crippen LogP contribution in [0.2, 0.25) is 0 Å². The molecule has 1 aliphatic heterocycles. The molecule has 1 saturated heterocycles. The quantitative estimate of drug-likeness (QED) is 0.859. The van der Waals surface area contributed by atoms with Crippen LogP contribution in [-0.2, 0) is 0 Å². The van der Waals surface area contributed by atoms with Crippen LogP contribution in [-0.4, -0.2) is 30.0 Å². The van der Waals surface area contributed by atoms with E-state index in [1.807, 2.05) is 24.3 Å². The normalized spacial score (nSPS) is 19.3. The van der Waals surface area contributed by atoms with Gasteiger partial charge in [0.15, 0.2) is 0 Å². The molecule has 2 heterocycles. The molecule has 19 heavy (non-hydrogen) atoms. The molecule has 1 amide bonds. The smallest absolute Gasteiger partial charge is 0.252 e. The molecule has 1 atom stereocenters. The van der Waals surface area contributed by atoms with Crippen LogP contribution in [0.3, 0.4) is 0 Å². The molecular formula is C15H17N3O. The molecule has 0 aliphatic carbocycles. The first kappa shape index (κ1) is 12.1. The molecule has 0 spiro atoms. The van der Waals surface area contributed by atoms with E-state index >= 15 is 0 Å². The second-order valence-corrected chi connectivity index (χ2v) is 4.92. The molecule has 1 aliphatic rings. The fraction of sp³-hybridized carbons (Fsp3) is 0.333. The average molecular weight is 255 g/mol. The van der Waals surface area contributed by atoms with Crippen molar-refractivity contribution in [1.29, 1.82) is 0 Å². The highest BCUT2D eigenvalue weighted by molar-refractivity contribution is 6.06. The van der Waals surface area contributed by atoms with Gasteiger partial charge in [0.1, 0.15) is 0 Å². The van der Waals surface area contributed by atoms with E-state index in [2.05, 4.69) is 15.6 Å². The summed E-state index contributed by atoms with van der Waals surface area (Å²) >= 11 is 0. The number of aromatic nitrogens is 1. The average Bonchev–Trinajstić information content (AvgIpc) is 2.47. The number of amides is 1. The largest absolute Gasteiger partial charge is 0.348 e. The van der Waals surface area contributed by atoms with Crippen LogP contribution >= 0.6 is 0 Å². The molecular weight excluding hydrogens is 238 g/mol. The summed E-state index contributed by atoms with van der Waals surface area (Å²) in [4.78, 5) is 16.5. The molecule has 3 rings (SSSR count). The van der Waals surface area contributed by atoms with Crippen LogP contribution in [0.15, 0.2) is 36.7 Å². The zero-order chi connectivity index (χ0) is 13.1. The van der Waals surface area contributed by atoms with Crippen LogP contribution < -0.4 is 10.6 Å². The van der Waals surface area contributed by atoms with Crippen LogP contribution in [0.1, 0.15) is 23.2 Å². The minimum atomic E-state index is 0.00509. The SMILES string of the molecule is O=C(N[C@H]1CCCNC1)c1cccc2cnccc12. The molecule has 1 fully saturated rings. The van der Waals surface area contributed by atoms with Crippen molar-refractivity contribution in [2.75, 3.05) is 13.1 Å². The zero-order valence-corrected chi connectivity index (χ0v) is 10.7. The molecule has 98 valence electrons. The summed E-state index contributed by atoms with van der Waals surface area (Å²) in [7, 11) is 0. The Bertz CT molecular complexity index is 585. The van der Waals surface area contributed by atoms with Gasteiger partial charge < -0.3 is 10.6 Å². The first-order chi connectivity index (χ1) is 9.34. The molecule has 0 saturated carbocycles. The Morgan fingerprint density at radius 3 is 3.16 bits per heavy atom. The van der Waals surface area contributed by atoms with Crippen molar-refractivity contribution in [3.63, 3.8) is 0 Å². The molecule has 4 nitrogen and oxygen atoms in total. The molecule has 0 unspecified atom stereocenters. The third-order valence-corrected chi connectivity index (χ3v) is 3.56. The van der Waals surface area contributed by atoms with Crippen molar-refractivity contribution in [1.82, 2.24) is 15.6 Å². The van der Waals surface area contributed by atoms with E-state index < -0.39 is 0 Å². The number of carbonyl (C=O) groups is 1. The molecule has 1 aromatic heterocycles. The lowest BCUT2D eigenvalue weighted by Crippen LogP contribution is -2.45. The second-order valence-electron chi connectivity index (χ2n) is 4.92. The minimum absolute atomic E-state index is 0.00509. The maximum absolute atomic E-state index is 12.4. The highest BCUT2D eigenvalue weighted by atomic mass is 16.1. The topological polar surface area (TPSA) is 54.0 Å². The van der Waals surface area contributed by atoms with E-state index in [1.54, 1.807) is 12.4 Å². The van der Waals surface area contributed by atoms with Crippen molar-refractivity contribution in [2.24, 2.45) is 0 Å². The predicted octanol–water partition coefficient (Wildman–Crippen LogP) is 1.72. The first-order valence-electron chi connectivity index (χ1n) is 6.69. The highest BCUT2D eigenvalue weighted by Gasteiger charge is 2.17. The summed E-state index contributed by atoms with van der Waals surface area (Å²) in [5.41, 5.74) is 0.727. The second kappa shape index (κ2) is 5.36. The number of carbonyl (C=O) groups excluding carboxylic acids is 1. The van der Waals surface area contributed by atoms with Gasteiger partial charge in [-0.15, -0.1) is 0 Å². The van der Waals surface area contributed by atoms with E-state index in [4.69, 9.17) is 0 Å². The molecule has 0 bridgehead atoms. The standard InChI is InChI=1S/C15H17N3O/c19-15(18-12-4-2-7-16-10-12)14-5-1-3-11-9-17-8-6-13(11)14/h1,3,5-6,8-9,12,16H,2,4,7,10H2,(H,18,19)/t12-/m0/s1. The third-order valence-electron chi connectivity index (χ3n) is 3.56. The number of hydrogen-bond acceptors (Lipinski definition) is 3. The molecule has 0 radical (unpaired) electrons. The number of fused-ring (bicyclic) bond motifs is 1. The molecule has 4 heteroatoms. The lowest BCUT2D eigenvalue weighted by Gasteiger charge is -2.24. The van der Waals surface area contributed by atoms with Gasteiger partial charge in [-0.1, -0.05) is 12.1 Å². The Balaban J connectivity index is 1.85. The van der Waals surface area contributed by atoms with Gasteiger partial charge in [0.05, 0.1) is 0 Å². The third kappa shape index (κ3) is 2.58. The van der Waals surface area contributed by atoms with Crippen LogP contribution in [0.4, 0.5) is 0 Å². The Labute approximate surface area is 112 Å². The van der Waals surface area contributed by atoms with Gasteiger partial charge in [0.2, 0.25) is 0 Å². The number of piperidine rings is 1. The molecule has 2 aromatic rings.